The Morgan fingerprint density at radius 3 is 2.68 bits per heavy atom. The second kappa shape index (κ2) is 8.14. The lowest BCUT2D eigenvalue weighted by atomic mass is 9.71. The molecule has 1 N–H and O–H groups in total. The number of H-pyrrole nitrogens is 1. The normalized spacial score (nSPS) is 23.7. The summed E-state index contributed by atoms with van der Waals surface area (Å²) in [6.45, 7) is 9.97. The van der Waals surface area contributed by atoms with Gasteiger partial charge in [-0.3, -0.25) is 9.69 Å². The molecule has 1 aliphatic heterocycles. The molecule has 0 spiro atoms. The molecule has 0 unspecified atom stereocenters. The lowest BCUT2D eigenvalue weighted by molar-refractivity contribution is 0.241. The smallest absolute Gasteiger partial charge is 0.255 e. The number of hydrogen-bond acceptors (Lipinski definition) is 3. The Hall–Kier alpha value is -1.42. The van der Waals surface area contributed by atoms with E-state index in [9.17, 15) is 4.79 Å². The van der Waals surface area contributed by atoms with Gasteiger partial charge in [0.05, 0.1) is 11.3 Å². The number of aromatic amines is 1. The van der Waals surface area contributed by atoms with Crippen LogP contribution in [-0.2, 0) is 13.0 Å². The van der Waals surface area contributed by atoms with Crippen molar-refractivity contribution in [2.45, 2.75) is 97.4 Å². The summed E-state index contributed by atoms with van der Waals surface area (Å²) in [6, 6.07) is 0. The van der Waals surface area contributed by atoms with E-state index in [0.717, 1.165) is 49.6 Å². The van der Waals surface area contributed by atoms with Crippen LogP contribution in [0.4, 0.5) is 0 Å². The van der Waals surface area contributed by atoms with Crippen molar-refractivity contribution in [1.29, 1.82) is 0 Å². The van der Waals surface area contributed by atoms with Crippen molar-refractivity contribution in [2.24, 2.45) is 5.41 Å². The number of fused-ring (bicyclic) bond motifs is 1. The minimum Gasteiger partial charge on any atom is -0.310 e. The largest absolute Gasteiger partial charge is 0.310 e. The first-order valence-corrected chi connectivity index (χ1v) is 11.5. The van der Waals surface area contributed by atoms with Crippen LogP contribution in [-0.4, -0.2) is 28.0 Å². The van der Waals surface area contributed by atoms with E-state index in [1.54, 1.807) is 11.1 Å². The minimum atomic E-state index is 0.115. The number of nitrogens with one attached hydrogen (secondary N) is 1. The van der Waals surface area contributed by atoms with Gasteiger partial charge >= 0.3 is 0 Å². The zero-order chi connectivity index (χ0) is 19.7. The van der Waals surface area contributed by atoms with E-state index in [0.29, 0.717) is 11.3 Å². The zero-order valence-corrected chi connectivity index (χ0v) is 18.1. The predicted octanol–water partition coefficient (Wildman–Crippen LogP) is 5.09. The molecule has 4 rings (SSSR count). The van der Waals surface area contributed by atoms with E-state index >= 15 is 0 Å². The van der Waals surface area contributed by atoms with Crippen molar-refractivity contribution >= 4 is 0 Å². The summed E-state index contributed by atoms with van der Waals surface area (Å²) in [4.78, 5) is 23.3. The molecule has 0 aromatic carbocycles. The molecule has 28 heavy (non-hydrogen) atoms. The Kier molecular flexibility index (Phi) is 5.78. The van der Waals surface area contributed by atoms with E-state index in [1.807, 2.05) is 0 Å². The van der Waals surface area contributed by atoms with Gasteiger partial charge in [0.2, 0.25) is 0 Å². The van der Waals surface area contributed by atoms with Crippen molar-refractivity contribution < 1.29 is 0 Å². The van der Waals surface area contributed by atoms with Crippen molar-refractivity contribution in [3.8, 4) is 0 Å². The second-order valence-electron chi connectivity index (χ2n) is 9.98. The Morgan fingerprint density at radius 2 is 1.93 bits per heavy atom. The Labute approximate surface area is 169 Å². The molecular weight excluding hydrogens is 346 g/mol. The lowest BCUT2D eigenvalue weighted by Crippen LogP contribution is -2.37. The number of aromatic nitrogens is 2. The highest BCUT2D eigenvalue weighted by Crippen LogP contribution is 2.41. The van der Waals surface area contributed by atoms with Gasteiger partial charge < -0.3 is 4.98 Å². The maximum absolute atomic E-state index is 12.8. The van der Waals surface area contributed by atoms with Crippen LogP contribution >= 0.6 is 0 Å². The van der Waals surface area contributed by atoms with Crippen LogP contribution < -0.4 is 5.56 Å². The molecule has 2 heterocycles. The van der Waals surface area contributed by atoms with Crippen LogP contribution in [0.3, 0.4) is 0 Å². The molecule has 1 aromatic rings. The molecule has 4 heteroatoms. The van der Waals surface area contributed by atoms with Crippen molar-refractivity contribution in [3.63, 3.8) is 0 Å². The summed E-state index contributed by atoms with van der Waals surface area (Å²) < 4.78 is 0. The summed E-state index contributed by atoms with van der Waals surface area (Å²) in [7, 11) is 0. The van der Waals surface area contributed by atoms with E-state index in [1.165, 1.54) is 51.4 Å². The average Bonchev–Trinajstić information content (AvgIpc) is 2.68. The van der Waals surface area contributed by atoms with Gasteiger partial charge in [-0.15, -0.1) is 0 Å². The van der Waals surface area contributed by atoms with Crippen molar-refractivity contribution in [3.05, 3.63) is 38.6 Å². The molecule has 0 radical (unpaired) electrons. The molecule has 0 atom stereocenters. The molecule has 0 bridgehead atoms. The SMILES string of the molecule is CC1=C(CCN2CCc3nc(C4CCCCC4)[nH]c(=O)c3C2)C(C)(C)CCC1. The lowest BCUT2D eigenvalue weighted by Gasteiger charge is -2.36. The summed E-state index contributed by atoms with van der Waals surface area (Å²) >= 11 is 0. The number of allylic oxidation sites excluding steroid dienone is 1. The van der Waals surface area contributed by atoms with Crippen LogP contribution in [0.5, 0.6) is 0 Å². The third-order valence-corrected chi connectivity index (χ3v) is 7.52. The van der Waals surface area contributed by atoms with Gasteiger partial charge in [0.1, 0.15) is 5.82 Å². The third-order valence-electron chi connectivity index (χ3n) is 7.52. The molecule has 0 saturated heterocycles. The van der Waals surface area contributed by atoms with Gasteiger partial charge in [0, 0.05) is 32.0 Å². The van der Waals surface area contributed by atoms with E-state index in [-0.39, 0.29) is 5.56 Å². The minimum absolute atomic E-state index is 0.115. The Bertz CT molecular complexity index is 799. The molecule has 0 amide bonds. The molecule has 4 nitrogen and oxygen atoms in total. The van der Waals surface area contributed by atoms with Crippen LogP contribution in [0.1, 0.15) is 102 Å². The average molecular weight is 384 g/mol. The molecule has 1 saturated carbocycles. The number of nitrogens with zero attached hydrogens (tertiary/aromatic N) is 2. The Morgan fingerprint density at radius 1 is 1.14 bits per heavy atom. The summed E-state index contributed by atoms with van der Waals surface area (Å²) in [5.74, 6) is 1.43. The second-order valence-corrected chi connectivity index (χ2v) is 9.98. The highest BCUT2D eigenvalue weighted by atomic mass is 16.1. The van der Waals surface area contributed by atoms with E-state index in [2.05, 4.69) is 30.7 Å². The first-order chi connectivity index (χ1) is 13.4. The quantitative estimate of drug-likeness (QED) is 0.737. The summed E-state index contributed by atoms with van der Waals surface area (Å²) in [5, 5.41) is 0. The predicted molar refractivity (Wildman–Crippen MR) is 115 cm³/mol. The van der Waals surface area contributed by atoms with Gasteiger partial charge in [-0.2, -0.15) is 0 Å². The monoisotopic (exact) mass is 383 g/mol. The topological polar surface area (TPSA) is 49.0 Å². The summed E-state index contributed by atoms with van der Waals surface area (Å²) in [5.41, 5.74) is 5.69. The highest BCUT2D eigenvalue weighted by Gasteiger charge is 2.29. The molecule has 1 aromatic heterocycles. The van der Waals surface area contributed by atoms with Crippen LogP contribution in [0.25, 0.3) is 0 Å². The summed E-state index contributed by atoms with van der Waals surface area (Å²) in [6.07, 6.45) is 12.2. The van der Waals surface area contributed by atoms with Gasteiger partial charge in [0.15, 0.2) is 0 Å². The fraction of sp³-hybridized carbons (Fsp3) is 0.750. The van der Waals surface area contributed by atoms with Gasteiger partial charge in [-0.1, -0.05) is 44.3 Å². The van der Waals surface area contributed by atoms with Gasteiger partial charge in [0.25, 0.3) is 5.56 Å². The number of rotatable bonds is 4. The first-order valence-electron chi connectivity index (χ1n) is 11.5. The molecule has 154 valence electrons. The molecule has 2 aliphatic carbocycles. The third kappa shape index (κ3) is 4.12. The van der Waals surface area contributed by atoms with Crippen molar-refractivity contribution in [2.75, 3.05) is 13.1 Å². The molecule has 1 fully saturated rings. The highest BCUT2D eigenvalue weighted by molar-refractivity contribution is 5.24. The molecule has 3 aliphatic rings. The van der Waals surface area contributed by atoms with Crippen LogP contribution in [0, 0.1) is 5.41 Å². The van der Waals surface area contributed by atoms with Gasteiger partial charge in [-0.05, 0) is 50.9 Å². The zero-order valence-electron chi connectivity index (χ0n) is 18.1. The maximum Gasteiger partial charge on any atom is 0.255 e. The Balaban J connectivity index is 1.44. The maximum atomic E-state index is 12.8. The van der Waals surface area contributed by atoms with E-state index < -0.39 is 0 Å². The van der Waals surface area contributed by atoms with Crippen molar-refractivity contribution in [1.82, 2.24) is 14.9 Å². The standard InChI is InChI=1S/C24H37N3O/c1-17-8-7-13-24(2,3)20(17)11-14-27-15-12-21-19(16-27)23(28)26-22(25-21)18-9-5-4-6-10-18/h18H,4-16H2,1-3H3,(H,25,26,28). The molecular formula is C24H37N3O. The van der Waals surface area contributed by atoms with Crippen LogP contribution in [0.2, 0.25) is 0 Å². The van der Waals surface area contributed by atoms with E-state index in [4.69, 9.17) is 4.98 Å². The van der Waals surface area contributed by atoms with Gasteiger partial charge in [-0.25, -0.2) is 4.98 Å². The van der Waals surface area contributed by atoms with Crippen LogP contribution in [0.15, 0.2) is 15.9 Å². The fourth-order valence-electron chi connectivity index (χ4n) is 5.76. The fourth-order valence-corrected chi connectivity index (χ4v) is 5.76. The number of hydrogen-bond donors (Lipinski definition) is 1. The first kappa shape index (κ1) is 19.9.